The maximum atomic E-state index is 10.4. The summed E-state index contributed by atoms with van der Waals surface area (Å²) in [5.74, 6) is -0.426. The van der Waals surface area contributed by atoms with Gasteiger partial charge in [-0.3, -0.25) is 4.79 Å². The Morgan fingerprint density at radius 3 is 2.09 bits per heavy atom. The second-order valence-electron chi connectivity index (χ2n) is 1.86. The third-order valence-electron chi connectivity index (χ3n) is 0.880. The van der Waals surface area contributed by atoms with Crippen molar-refractivity contribution in [3.63, 3.8) is 0 Å². The Morgan fingerprint density at radius 2 is 1.82 bits per heavy atom. The molecule has 1 atom stereocenters. The Labute approximate surface area is 80.1 Å². The third kappa shape index (κ3) is 4.51. The van der Waals surface area contributed by atoms with Crippen molar-refractivity contribution in [2.45, 2.75) is 20.0 Å². The summed E-state index contributed by atoms with van der Waals surface area (Å²) >= 11 is 16.2. The molecule has 11 heavy (non-hydrogen) atoms. The molecular formula is C6H7Cl3O2. The second-order valence-corrected chi connectivity index (χ2v) is 3.22. The van der Waals surface area contributed by atoms with Crippen molar-refractivity contribution in [2.75, 3.05) is 0 Å². The van der Waals surface area contributed by atoms with Gasteiger partial charge in [-0.2, -0.15) is 0 Å². The summed E-state index contributed by atoms with van der Waals surface area (Å²) in [6.45, 7) is 2.86. The molecule has 2 nitrogen and oxygen atoms in total. The number of hydrogen-bond donors (Lipinski definition) is 0. The maximum Gasteiger partial charge on any atom is 0.303 e. The Hall–Kier alpha value is 0.0800. The van der Waals surface area contributed by atoms with Gasteiger partial charge in [-0.25, -0.2) is 0 Å². The largest absolute Gasteiger partial charge is 0.457 e. The van der Waals surface area contributed by atoms with Crippen LogP contribution in [0.5, 0.6) is 0 Å². The average Bonchev–Trinajstić information content (AvgIpc) is 1.84. The summed E-state index contributed by atoms with van der Waals surface area (Å²) in [7, 11) is 0. The first-order valence-electron chi connectivity index (χ1n) is 2.83. The van der Waals surface area contributed by atoms with Gasteiger partial charge in [0.25, 0.3) is 0 Å². The van der Waals surface area contributed by atoms with Crippen LogP contribution in [-0.2, 0) is 9.53 Å². The van der Waals surface area contributed by atoms with Gasteiger partial charge in [0.05, 0.1) is 5.03 Å². The molecule has 0 aromatic carbocycles. The molecule has 0 N–H and O–H groups in total. The summed E-state index contributed by atoms with van der Waals surface area (Å²) in [6, 6.07) is 0. The number of hydrogen-bond acceptors (Lipinski definition) is 2. The van der Waals surface area contributed by atoms with Crippen LogP contribution in [0.25, 0.3) is 0 Å². The van der Waals surface area contributed by atoms with Crippen LogP contribution in [-0.4, -0.2) is 12.1 Å². The Morgan fingerprint density at radius 1 is 1.36 bits per heavy atom. The highest BCUT2D eigenvalue weighted by molar-refractivity contribution is 6.59. The minimum absolute atomic E-state index is 0.0829. The zero-order chi connectivity index (χ0) is 9.02. The number of esters is 1. The number of ether oxygens (including phenoxy) is 1. The predicted octanol–water partition coefficient (Wildman–Crippen LogP) is 2.82. The highest BCUT2D eigenvalue weighted by Gasteiger charge is 2.12. The van der Waals surface area contributed by atoms with E-state index in [2.05, 4.69) is 4.74 Å². The van der Waals surface area contributed by atoms with Gasteiger partial charge in [0, 0.05) is 6.92 Å². The summed E-state index contributed by atoms with van der Waals surface area (Å²) < 4.78 is 4.59. The van der Waals surface area contributed by atoms with Crippen molar-refractivity contribution in [1.29, 1.82) is 0 Å². The molecule has 64 valence electrons. The molecule has 0 saturated heterocycles. The average molecular weight is 217 g/mol. The molecule has 0 aromatic heterocycles. The quantitative estimate of drug-likeness (QED) is 0.665. The molecule has 0 saturated carbocycles. The van der Waals surface area contributed by atoms with Crippen LogP contribution in [0.4, 0.5) is 0 Å². The van der Waals surface area contributed by atoms with E-state index < -0.39 is 12.1 Å². The van der Waals surface area contributed by atoms with Gasteiger partial charge in [0.2, 0.25) is 0 Å². The normalized spacial score (nSPS) is 12.1. The van der Waals surface area contributed by atoms with Crippen molar-refractivity contribution in [3.05, 3.63) is 9.52 Å². The van der Waals surface area contributed by atoms with Gasteiger partial charge in [0.1, 0.15) is 10.6 Å². The second kappa shape index (κ2) is 4.86. The third-order valence-corrected chi connectivity index (χ3v) is 1.98. The SMILES string of the molecule is CC(=O)OC(C)C(Cl)=C(Cl)Cl. The Kier molecular flexibility index (Phi) is 4.89. The molecule has 0 aliphatic carbocycles. The van der Waals surface area contributed by atoms with Gasteiger partial charge in [-0.1, -0.05) is 34.8 Å². The first-order chi connectivity index (χ1) is 4.95. The Bertz CT molecular complexity index is 184. The molecule has 0 radical (unpaired) electrons. The van der Waals surface area contributed by atoms with Crippen molar-refractivity contribution in [2.24, 2.45) is 0 Å². The van der Waals surface area contributed by atoms with Crippen molar-refractivity contribution in [1.82, 2.24) is 0 Å². The van der Waals surface area contributed by atoms with Crippen LogP contribution < -0.4 is 0 Å². The summed E-state index contributed by atoms with van der Waals surface area (Å²) in [5.41, 5.74) is 0. The molecule has 0 spiro atoms. The fourth-order valence-corrected chi connectivity index (χ4v) is 0.806. The van der Waals surface area contributed by atoms with Crippen LogP contribution in [0, 0.1) is 0 Å². The summed E-state index contributed by atoms with van der Waals surface area (Å²) in [6.07, 6.45) is -0.584. The topological polar surface area (TPSA) is 26.3 Å². The lowest BCUT2D eigenvalue weighted by atomic mass is 10.4. The maximum absolute atomic E-state index is 10.4. The van der Waals surface area contributed by atoms with E-state index in [1.54, 1.807) is 6.92 Å². The minimum atomic E-state index is -0.584. The number of carbonyl (C=O) groups is 1. The Balaban J connectivity index is 4.15. The smallest absolute Gasteiger partial charge is 0.303 e. The van der Waals surface area contributed by atoms with E-state index in [0.717, 1.165) is 0 Å². The number of rotatable bonds is 2. The highest BCUT2D eigenvalue weighted by atomic mass is 35.5. The fraction of sp³-hybridized carbons (Fsp3) is 0.500. The zero-order valence-electron chi connectivity index (χ0n) is 6.03. The number of halogens is 3. The molecule has 0 aromatic rings. The van der Waals surface area contributed by atoms with Crippen molar-refractivity contribution < 1.29 is 9.53 Å². The van der Waals surface area contributed by atoms with E-state index in [9.17, 15) is 4.79 Å². The van der Waals surface area contributed by atoms with Gasteiger partial charge in [-0.05, 0) is 6.92 Å². The van der Waals surface area contributed by atoms with E-state index in [1.165, 1.54) is 6.92 Å². The van der Waals surface area contributed by atoms with Gasteiger partial charge in [-0.15, -0.1) is 0 Å². The molecular weight excluding hydrogens is 210 g/mol. The van der Waals surface area contributed by atoms with Gasteiger partial charge < -0.3 is 4.74 Å². The van der Waals surface area contributed by atoms with Crippen LogP contribution >= 0.6 is 34.8 Å². The lowest BCUT2D eigenvalue weighted by Crippen LogP contribution is -2.12. The monoisotopic (exact) mass is 216 g/mol. The molecule has 5 heteroatoms. The van der Waals surface area contributed by atoms with Crippen LogP contribution in [0.3, 0.4) is 0 Å². The summed E-state index contributed by atoms with van der Waals surface area (Å²) in [4.78, 5) is 10.4. The van der Waals surface area contributed by atoms with Crippen LogP contribution in [0.1, 0.15) is 13.8 Å². The van der Waals surface area contributed by atoms with Crippen LogP contribution in [0.15, 0.2) is 9.52 Å². The first kappa shape index (κ1) is 11.1. The van der Waals surface area contributed by atoms with E-state index in [4.69, 9.17) is 34.8 Å². The molecule has 0 amide bonds. The molecule has 0 bridgehead atoms. The number of carbonyl (C=O) groups excluding carboxylic acids is 1. The zero-order valence-corrected chi connectivity index (χ0v) is 8.30. The van der Waals surface area contributed by atoms with Crippen molar-refractivity contribution in [3.8, 4) is 0 Å². The van der Waals surface area contributed by atoms with E-state index >= 15 is 0 Å². The van der Waals surface area contributed by atoms with Crippen LogP contribution in [0.2, 0.25) is 0 Å². The van der Waals surface area contributed by atoms with E-state index in [1.807, 2.05) is 0 Å². The molecule has 1 unspecified atom stereocenters. The molecule has 0 heterocycles. The first-order valence-corrected chi connectivity index (χ1v) is 3.96. The van der Waals surface area contributed by atoms with Crippen molar-refractivity contribution >= 4 is 40.8 Å². The molecule has 0 aliphatic rings. The minimum Gasteiger partial charge on any atom is -0.457 e. The standard InChI is InChI=1S/C6H7Cl3O2/c1-3(11-4(2)10)5(7)6(8)9/h3H,1-2H3. The lowest BCUT2D eigenvalue weighted by Gasteiger charge is -2.09. The molecule has 0 aliphatic heterocycles. The van der Waals surface area contributed by atoms with Gasteiger partial charge in [0.15, 0.2) is 0 Å². The lowest BCUT2D eigenvalue weighted by molar-refractivity contribution is -0.143. The summed E-state index contributed by atoms with van der Waals surface area (Å²) in [5, 5.41) is 0.128. The molecule has 0 rings (SSSR count). The van der Waals surface area contributed by atoms with E-state index in [-0.39, 0.29) is 9.52 Å². The predicted molar refractivity (Wildman–Crippen MR) is 45.8 cm³/mol. The highest BCUT2D eigenvalue weighted by Crippen LogP contribution is 2.22. The molecule has 0 fully saturated rings. The fourth-order valence-electron chi connectivity index (χ4n) is 0.454. The van der Waals surface area contributed by atoms with Gasteiger partial charge >= 0.3 is 5.97 Å². The van der Waals surface area contributed by atoms with E-state index in [0.29, 0.717) is 0 Å².